The van der Waals surface area contributed by atoms with Crippen molar-refractivity contribution in [3.63, 3.8) is 0 Å². The number of likely N-dealkylation sites (N-methyl/N-ethyl adjacent to an activating group) is 1. The summed E-state index contributed by atoms with van der Waals surface area (Å²) in [6.45, 7) is 6.73. The summed E-state index contributed by atoms with van der Waals surface area (Å²) in [5.41, 5.74) is 5.82. The fourth-order valence-electron chi connectivity index (χ4n) is 3.24. The van der Waals surface area contributed by atoms with Crippen LogP contribution in [0.4, 0.5) is 0 Å². The first-order valence-electron chi connectivity index (χ1n) is 7.09. The van der Waals surface area contributed by atoms with Gasteiger partial charge in [-0.3, -0.25) is 4.79 Å². The van der Waals surface area contributed by atoms with Crippen LogP contribution in [0.2, 0.25) is 0 Å². The number of hydrogen-bond donors (Lipinski definition) is 1. The molecular formula is C14H26N2O2. The van der Waals surface area contributed by atoms with Crippen LogP contribution in [0, 0.1) is 17.8 Å². The molecule has 1 amide bonds. The van der Waals surface area contributed by atoms with Gasteiger partial charge >= 0.3 is 0 Å². The normalized spacial score (nSPS) is 37.6. The summed E-state index contributed by atoms with van der Waals surface area (Å²) in [5.74, 6) is 1.10. The molecular weight excluding hydrogens is 228 g/mol. The molecule has 4 heteroatoms. The van der Waals surface area contributed by atoms with Gasteiger partial charge in [0.2, 0.25) is 5.91 Å². The Morgan fingerprint density at radius 1 is 1.33 bits per heavy atom. The maximum atomic E-state index is 12.6. The van der Waals surface area contributed by atoms with Crippen LogP contribution in [-0.2, 0) is 9.53 Å². The second-order valence-corrected chi connectivity index (χ2v) is 6.02. The smallest absolute Gasteiger partial charge is 0.228 e. The van der Waals surface area contributed by atoms with Crippen molar-refractivity contribution in [2.24, 2.45) is 23.5 Å². The molecule has 1 saturated heterocycles. The van der Waals surface area contributed by atoms with Gasteiger partial charge in [-0.25, -0.2) is 0 Å². The van der Waals surface area contributed by atoms with E-state index in [-0.39, 0.29) is 36.0 Å². The Morgan fingerprint density at radius 3 is 2.33 bits per heavy atom. The first-order chi connectivity index (χ1) is 8.47. The average Bonchev–Trinajstić information content (AvgIpc) is 3.10. The highest BCUT2D eigenvalue weighted by Crippen LogP contribution is 2.37. The first-order valence-corrected chi connectivity index (χ1v) is 7.09. The Hall–Kier alpha value is -0.610. The van der Waals surface area contributed by atoms with Gasteiger partial charge in [-0.2, -0.15) is 0 Å². The maximum absolute atomic E-state index is 12.6. The van der Waals surface area contributed by atoms with Crippen LogP contribution >= 0.6 is 0 Å². The van der Waals surface area contributed by atoms with Gasteiger partial charge in [0.15, 0.2) is 0 Å². The van der Waals surface area contributed by atoms with E-state index in [4.69, 9.17) is 10.5 Å². The molecule has 104 valence electrons. The summed E-state index contributed by atoms with van der Waals surface area (Å²) in [7, 11) is 1.90. The van der Waals surface area contributed by atoms with Crippen LogP contribution in [0.5, 0.6) is 0 Å². The van der Waals surface area contributed by atoms with Crippen molar-refractivity contribution in [1.29, 1.82) is 0 Å². The van der Waals surface area contributed by atoms with E-state index < -0.39 is 0 Å². The van der Waals surface area contributed by atoms with Gasteiger partial charge in [-0.1, -0.05) is 6.92 Å². The molecule has 0 radical (unpaired) electrons. The number of amides is 1. The number of hydrogen-bond acceptors (Lipinski definition) is 3. The lowest BCUT2D eigenvalue weighted by Crippen LogP contribution is -2.48. The van der Waals surface area contributed by atoms with E-state index in [9.17, 15) is 4.79 Å². The molecule has 2 N–H and O–H groups in total. The minimum Gasteiger partial charge on any atom is -0.374 e. The molecule has 0 aromatic carbocycles. The Kier molecular flexibility index (Phi) is 3.97. The minimum atomic E-state index is -0.0159. The van der Waals surface area contributed by atoms with Crippen LogP contribution in [0.15, 0.2) is 0 Å². The molecule has 5 atom stereocenters. The maximum Gasteiger partial charge on any atom is 0.228 e. The van der Waals surface area contributed by atoms with E-state index in [2.05, 4.69) is 13.8 Å². The second kappa shape index (κ2) is 5.17. The lowest BCUT2D eigenvalue weighted by atomic mass is 9.88. The number of carbonyl (C=O) groups excluding carboxylic acids is 1. The molecule has 1 saturated carbocycles. The zero-order valence-electron chi connectivity index (χ0n) is 11.9. The summed E-state index contributed by atoms with van der Waals surface area (Å²) in [6.07, 6.45) is 2.60. The van der Waals surface area contributed by atoms with Crippen molar-refractivity contribution in [2.75, 3.05) is 13.6 Å². The van der Waals surface area contributed by atoms with Crippen molar-refractivity contribution in [3.05, 3.63) is 0 Å². The van der Waals surface area contributed by atoms with Crippen molar-refractivity contribution in [1.82, 2.24) is 4.90 Å². The highest BCUT2D eigenvalue weighted by atomic mass is 16.5. The van der Waals surface area contributed by atoms with Gasteiger partial charge in [0.1, 0.15) is 0 Å². The van der Waals surface area contributed by atoms with E-state index in [0.717, 1.165) is 0 Å². The summed E-state index contributed by atoms with van der Waals surface area (Å²) in [5, 5.41) is 0. The minimum absolute atomic E-state index is 0.0159. The first kappa shape index (κ1) is 13.8. The van der Waals surface area contributed by atoms with Gasteiger partial charge in [0.25, 0.3) is 0 Å². The van der Waals surface area contributed by atoms with E-state index in [1.165, 1.54) is 12.8 Å². The SMILES string of the molecule is CC1OC(C)C(C(=O)N(C)C(CN)C2CC2)C1C. The second-order valence-electron chi connectivity index (χ2n) is 6.02. The van der Waals surface area contributed by atoms with E-state index in [1.54, 1.807) is 0 Å². The molecule has 1 heterocycles. The predicted molar refractivity (Wildman–Crippen MR) is 71.0 cm³/mol. The van der Waals surface area contributed by atoms with E-state index >= 15 is 0 Å². The summed E-state index contributed by atoms with van der Waals surface area (Å²) >= 11 is 0. The third-order valence-corrected chi connectivity index (χ3v) is 4.78. The predicted octanol–water partition coefficient (Wildman–Crippen LogP) is 1.24. The molecule has 0 bridgehead atoms. The molecule has 2 aliphatic rings. The standard InChI is InChI=1S/C14H26N2O2/c1-8-9(2)18-10(3)13(8)14(17)16(4)12(7-15)11-5-6-11/h8-13H,5-7,15H2,1-4H3. The van der Waals surface area contributed by atoms with Gasteiger partial charge in [-0.05, 0) is 38.5 Å². The number of rotatable bonds is 4. The molecule has 2 rings (SSSR count). The monoisotopic (exact) mass is 254 g/mol. The van der Waals surface area contributed by atoms with Gasteiger partial charge in [-0.15, -0.1) is 0 Å². The van der Waals surface area contributed by atoms with Crippen LogP contribution in [-0.4, -0.2) is 42.6 Å². The van der Waals surface area contributed by atoms with Crippen LogP contribution in [0.3, 0.4) is 0 Å². The molecule has 4 nitrogen and oxygen atoms in total. The van der Waals surface area contributed by atoms with E-state index in [0.29, 0.717) is 12.5 Å². The van der Waals surface area contributed by atoms with Gasteiger partial charge < -0.3 is 15.4 Å². The Balaban J connectivity index is 2.05. The Bertz CT molecular complexity index is 317. The third-order valence-electron chi connectivity index (χ3n) is 4.78. The van der Waals surface area contributed by atoms with Crippen LogP contribution < -0.4 is 5.73 Å². The quantitative estimate of drug-likeness (QED) is 0.821. The number of nitrogens with two attached hydrogens (primary N) is 1. The molecule has 0 spiro atoms. The largest absolute Gasteiger partial charge is 0.374 e. The zero-order chi connectivity index (χ0) is 13.4. The molecule has 5 unspecified atom stereocenters. The van der Waals surface area contributed by atoms with Crippen LogP contribution in [0.25, 0.3) is 0 Å². The summed E-state index contributed by atoms with van der Waals surface area (Å²) < 4.78 is 5.77. The summed E-state index contributed by atoms with van der Waals surface area (Å²) in [6, 6.07) is 0.216. The van der Waals surface area contributed by atoms with Crippen molar-refractivity contribution >= 4 is 5.91 Å². The summed E-state index contributed by atoms with van der Waals surface area (Å²) in [4.78, 5) is 14.5. The number of carbonyl (C=O) groups is 1. The molecule has 0 aromatic heterocycles. The fourth-order valence-corrected chi connectivity index (χ4v) is 3.24. The van der Waals surface area contributed by atoms with Crippen molar-refractivity contribution in [3.8, 4) is 0 Å². The number of ether oxygens (including phenoxy) is 1. The number of nitrogens with zero attached hydrogens (tertiary/aromatic N) is 1. The zero-order valence-corrected chi connectivity index (χ0v) is 11.9. The highest BCUT2D eigenvalue weighted by molar-refractivity contribution is 5.80. The Morgan fingerprint density at radius 2 is 1.94 bits per heavy atom. The lowest BCUT2D eigenvalue weighted by molar-refractivity contribution is -0.139. The fraction of sp³-hybridized carbons (Fsp3) is 0.929. The highest BCUT2D eigenvalue weighted by Gasteiger charge is 2.45. The van der Waals surface area contributed by atoms with Crippen LogP contribution in [0.1, 0.15) is 33.6 Å². The third kappa shape index (κ3) is 2.41. The molecule has 2 fully saturated rings. The average molecular weight is 254 g/mol. The topological polar surface area (TPSA) is 55.6 Å². The molecule has 0 aromatic rings. The van der Waals surface area contributed by atoms with E-state index in [1.807, 2.05) is 18.9 Å². The Labute approximate surface area is 110 Å². The molecule has 18 heavy (non-hydrogen) atoms. The van der Waals surface area contributed by atoms with Crippen molar-refractivity contribution in [2.45, 2.75) is 51.9 Å². The van der Waals surface area contributed by atoms with Gasteiger partial charge in [0.05, 0.1) is 18.1 Å². The van der Waals surface area contributed by atoms with Crippen molar-refractivity contribution < 1.29 is 9.53 Å². The lowest BCUT2D eigenvalue weighted by Gasteiger charge is -2.31. The van der Waals surface area contributed by atoms with Gasteiger partial charge in [0, 0.05) is 19.6 Å². The molecule has 1 aliphatic heterocycles. The molecule has 1 aliphatic carbocycles.